The first kappa shape index (κ1) is 15.8. The van der Waals surface area contributed by atoms with E-state index in [0.29, 0.717) is 26.2 Å². The van der Waals surface area contributed by atoms with Crippen molar-refractivity contribution in [3.8, 4) is 0 Å². The topological polar surface area (TPSA) is 79.0 Å². The molecule has 0 spiro atoms. The predicted octanol–water partition coefficient (Wildman–Crippen LogP) is -0.780. The number of hydrogen-bond donors (Lipinski definition) is 1. The molecule has 118 valence electrons. The summed E-state index contributed by atoms with van der Waals surface area (Å²) in [5.41, 5.74) is 0. The normalized spacial score (nSPS) is 19.4. The molecule has 2 aliphatic rings. The van der Waals surface area contributed by atoms with E-state index in [1.54, 1.807) is 12.0 Å². The maximum Gasteiger partial charge on any atom is 0.242 e. The summed E-state index contributed by atoms with van der Waals surface area (Å²) in [6, 6.07) is 0. The van der Waals surface area contributed by atoms with Gasteiger partial charge in [0.2, 0.25) is 17.7 Å². The van der Waals surface area contributed by atoms with Crippen LogP contribution in [0, 0.1) is 5.92 Å². The molecule has 2 fully saturated rings. The smallest absolute Gasteiger partial charge is 0.242 e. The molecule has 1 heterocycles. The molecule has 0 atom stereocenters. The molecule has 0 radical (unpaired) electrons. The Morgan fingerprint density at radius 3 is 2.67 bits per heavy atom. The average Bonchev–Trinajstić information content (AvgIpc) is 2.39. The van der Waals surface area contributed by atoms with Gasteiger partial charge in [-0.1, -0.05) is 6.42 Å². The summed E-state index contributed by atoms with van der Waals surface area (Å²) >= 11 is 0. The number of nitrogens with zero attached hydrogens (tertiary/aromatic N) is 2. The third-order valence-electron chi connectivity index (χ3n) is 4.05. The van der Waals surface area contributed by atoms with Gasteiger partial charge in [0, 0.05) is 32.7 Å². The summed E-state index contributed by atoms with van der Waals surface area (Å²) < 4.78 is 4.84. The summed E-state index contributed by atoms with van der Waals surface area (Å²) in [6.45, 7) is 1.98. The standard InChI is InChI=1S/C14H23N3O4/c1-21-8-5-15-12(18)9-16-6-7-17(10-13(16)19)14(20)11-3-2-4-11/h11H,2-10H2,1H3,(H,15,18). The van der Waals surface area contributed by atoms with Crippen molar-refractivity contribution >= 4 is 17.7 Å². The van der Waals surface area contributed by atoms with Crippen molar-refractivity contribution in [3.05, 3.63) is 0 Å². The van der Waals surface area contributed by atoms with Gasteiger partial charge in [0.25, 0.3) is 0 Å². The third-order valence-corrected chi connectivity index (χ3v) is 4.05. The Morgan fingerprint density at radius 1 is 1.33 bits per heavy atom. The van der Waals surface area contributed by atoms with Crippen molar-refractivity contribution in [1.29, 1.82) is 0 Å². The number of rotatable bonds is 6. The van der Waals surface area contributed by atoms with Crippen molar-refractivity contribution in [2.24, 2.45) is 5.92 Å². The van der Waals surface area contributed by atoms with E-state index in [1.807, 2.05) is 0 Å². The Kier molecular flexibility index (Phi) is 5.55. The van der Waals surface area contributed by atoms with Crippen molar-refractivity contribution in [2.75, 3.05) is 46.4 Å². The number of amides is 3. The zero-order chi connectivity index (χ0) is 15.2. The van der Waals surface area contributed by atoms with Crippen molar-refractivity contribution < 1.29 is 19.1 Å². The van der Waals surface area contributed by atoms with Crippen LogP contribution in [0.5, 0.6) is 0 Å². The van der Waals surface area contributed by atoms with Crippen molar-refractivity contribution in [3.63, 3.8) is 0 Å². The highest BCUT2D eigenvalue weighted by molar-refractivity contribution is 5.90. The van der Waals surface area contributed by atoms with Crippen LogP contribution in [-0.2, 0) is 19.1 Å². The molecule has 0 unspecified atom stereocenters. The SMILES string of the molecule is COCCNC(=O)CN1CCN(C(=O)C2CCC2)CC1=O. The minimum Gasteiger partial charge on any atom is -0.383 e. The number of methoxy groups -OCH3 is 1. The molecule has 0 aromatic rings. The lowest BCUT2D eigenvalue weighted by Crippen LogP contribution is -2.55. The van der Waals surface area contributed by atoms with Gasteiger partial charge in [0.15, 0.2) is 0 Å². The zero-order valence-electron chi connectivity index (χ0n) is 12.5. The predicted molar refractivity (Wildman–Crippen MR) is 75.4 cm³/mol. The van der Waals surface area contributed by atoms with Gasteiger partial charge in [0.05, 0.1) is 19.7 Å². The summed E-state index contributed by atoms with van der Waals surface area (Å²) in [4.78, 5) is 38.9. The fraction of sp³-hybridized carbons (Fsp3) is 0.786. The number of carbonyl (C=O) groups is 3. The molecule has 0 bridgehead atoms. The van der Waals surface area contributed by atoms with Gasteiger partial charge in [-0.05, 0) is 12.8 Å². The molecule has 7 heteroatoms. The minimum absolute atomic E-state index is 0.0496. The molecule has 1 saturated heterocycles. The fourth-order valence-corrected chi connectivity index (χ4v) is 2.50. The van der Waals surface area contributed by atoms with Gasteiger partial charge >= 0.3 is 0 Å². The highest BCUT2D eigenvalue weighted by atomic mass is 16.5. The number of ether oxygens (including phenoxy) is 1. The molecule has 0 aromatic carbocycles. The quantitative estimate of drug-likeness (QED) is 0.652. The summed E-state index contributed by atoms with van der Waals surface area (Å²) in [7, 11) is 1.56. The molecule has 1 aliphatic heterocycles. The van der Waals surface area contributed by atoms with E-state index in [9.17, 15) is 14.4 Å². The van der Waals surface area contributed by atoms with Crippen LogP contribution in [0.15, 0.2) is 0 Å². The Morgan fingerprint density at radius 2 is 2.10 bits per heavy atom. The minimum atomic E-state index is -0.195. The van der Waals surface area contributed by atoms with E-state index in [0.717, 1.165) is 19.3 Å². The first-order valence-electron chi connectivity index (χ1n) is 7.44. The van der Waals surface area contributed by atoms with Gasteiger partial charge in [-0.3, -0.25) is 14.4 Å². The Balaban J connectivity index is 1.74. The van der Waals surface area contributed by atoms with E-state index in [1.165, 1.54) is 4.90 Å². The lowest BCUT2D eigenvalue weighted by molar-refractivity contribution is -0.150. The Hall–Kier alpha value is -1.63. The van der Waals surface area contributed by atoms with Gasteiger partial charge in [-0.25, -0.2) is 0 Å². The molecule has 0 aromatic heterocycles. The number of piperazine rings is 1. The molecule has 1 aliphatic carbocycles. The molecule has 3 amide bonds. The Labute approximate surface area is 124 Å². The monoisotopic (exact) mass is 297 g/mol. The van der Waals surface area contributed by atoms with Crippen LogP contribution < -0.4 is 5.32 Å². The van der Waals surface area contributed by atoms with Crippen LogP contribution in [0.2, 0.25) is 0 Å². The fourth-order valence-electron chi connectivity index (χ4n) is 2.50. The molecular weight excluding hydrogens is 274 g/mol. The van der Waals surface area contributed by atoms with Crippen LogP contribution in [0.4, 0.5) is 0 Å². The van der Waals surface area contributed by atoms with E-state index in [2.05, 4.69) is 5.32 Å². The van der Waals surface area contributed by atoms with E-state index >= 15 is 0 Å². The highest BCUT2D eigenvalue weighted by Crippen LogP contribution is 2.28. The zero-order valence-corrected chi connectivity index (χ0v) is 12.5. The number of carbonyl (C=O) groups excluding carboxylic acids is 3. The van der Waals surface area contributed by atoms with Crippen LogP contribution in [0.25, 0.3) is 0 Å². The van der Waals surface area contributed by atoms with Crippen LogP contribution in [-0.4, -0.2) is 74.0 Å². The molecule has 7 nitrogen and oxygen atoms in total. The Bertz CT molecular complexity index is 409. The van der Waals surface area contributed by atoms with Crippen molar-refractivity contribution in [2.45, 2.75) is 19.3 Å². The average molecular weight is 297 g/mol. The van der Waals surface area contributed by atoms with E-state index < -0.39 is 0 Å². The van der Waals surface area contributed by atoms with Crippen molar-refractivity contribution in [1.82, 2.24) is 15.1 Å². The molecule has 1 saturated carbocycles. The first-order valence-corrected chi connectivity index (χ1v) is 7.44. The highest BCUT2D eigenvalue weighted by Gasteiger charge is 2.34. The third kappa shape index (κ3) is 4.17. The summed E-state index contributed by atoms with van der Waals surface area (Å²) in [5, 5.41) is 2.68. The first-order chi connectivity index (χ1) is 10.1. The lowest BCUT2D eigenvalue weighted by Gasteiger charge is -2.37. The van der Waals surface area contributed by atoms with Gasteiger partial charge in [0.1, 0.15) is 0 Å². The molecule has 2 rings (SSSR count). The van der Waals surface area contributed by atoms with Crippen LogP contribution in [0.1, 0.15) is 19.3 Å². The summed E-state index contributed by atoms with van der Waals surface area (Å²) in [6.07, 6.45) is 2.98. The van der Waals surface area contributed by atoms with E-state index in [-0.39, 0.29) is 36.7 Å². The largest absolute Gasteiger partial charge is 0.383 e. The molecule has 1 N–H and O–H groups in total. The van der Waals surface area contributed by atoms with Gasteiger partial charge in [-0.2, -0.15) is 0 Å². The molecular formula is C14H23N3O4. The van der Waals surface area contributed by atoms with Crippen LogP contribution in [0.3, 0.4) is 0 Å². The maximum atomic E-state index is 12.1. The maximum absolute atomic E-state index is 12.1. The number of hydrogen-bond acceptors (Lipinski definition) is 4. The van der Waals surface area contributed by atoms with Crippen LogP contribution >= 0.6 is 0 Å². The second kappa shape index (κ2) is 7.40. The summed E-state index contributed by atoms with van der Waals surface area (Å²) in [5.74, 6) is -0.143. The second-order valence-corrected chi connectivity index (χ2v) is 5.55. The van der Waals surface area contributed by atoms with E-state index in [4.69, 9.17) is 4.74 Å². The van der Waals surface area contributed by atoms with Gasteiger partial charge < -0.3 is 19.9 Å². The molecule has 21 heavy (non-hydrogen) atoms. The van der Waals surface area contributed by atoms with Gasteiger partial charge in [-0.15, -0.1) is 0 Å². The second-order valence-electron chi connectivity index (χ2n) is 5.55. The lowest BCUT2D eigenvalue weighted by atomic mass is 9.84. The number of nitrogens with one attached hydrogen (secondary N) is 1.